The van der Waals surface area contributed by atoms with Gasteiger partial charge in [-0.3, -0.25) is 4.98 Å². The number of rotatable bonds is 0. The zero-order valence-corrected chi connectivity index (χ0v) is 6.18. The van der Waals surface area contributed by atoms with Crippen LogP contribution in [0, 0.1) is 18.8 Å². The van der Waals surface area contributed by atoms with Crippen LogP contribution < -0.4 is 0 Å². The second kappa shape index (κ2) is 3.03. The fourth-order valence-electron chi connectivity index (χ4n) is 0.686. The van der Waals surface area contributed by atoms with Crippen molar-refractivity contribution in [2.45, 2.75) is 13.8 Å². The number of pyridine rings is 1. The predicted molar refractivity (Wildman–Crippen MR) is 41.5 cm³/mol. The van der Waals surface area contributed by atoms with Crippen LogP contribution in [-0.2, 0) is 0 Å². The van der Waals surface area contributed by atoms with Crippen LogP contribution in [0.5, 0.6) is 0 Å². The fourth-order valence-corrected chi connectivity index (χ4v) is 0.686. The van der Waals surface area contributed by atoms with Gasteiger partial charge in [-0.15, -0.1) is 5.92 Å². The molecule has 0 fully saturated rings. The molecule has 1 heterocycles. The van der Waals surface area contributed by atoms with Crippen molar-refractivity contribution in [1.82, 2.24) is 4.98 Å². The minimum Gasteiger partial charge on any atom is -0.260 e. The summed E-state index contributed by atoms with van der Waals surface area (Å²) in [5.41, 5.74) is 2.01. The summed E-state index contributed by atoms with van der Waals surface area (Å²) in [6.07, 6.45) is 1.78. The largest absolute Gasteiger partial charge is 0.260 e. The van der Waals surface area contributed by atoms with E-state index in [2.05, 4.69) is 16.8 Å². The lowest BCUT2D eigenvalue weighted by atomic mass is 10.2. The predicted octanol–water partition coefficient (Wildman–Crippen LogP) is 1.76. The van der Waals surface area contributed by atoms with Crippen molar-refractivity contribution < 1.29 is 0 Å². The Morgan fingerprint density at radius 2 is 2.20 bits per heavy atom. The van der Waals surface area contributed by atoms with E-state index >= 15 is 0 Å². The van der Waals surface area contributed by atoms with Crippen molar-refractivity contribution >= 4 is 0 Å². The van der Waals surface area contributed by atoms with Crippen molar-refractivity contribution in [3.63, 3.8) is 0 Å². The molecule has 1 aromatic rings. The van der Waals surface area contributed by atoms with Crippen LogP contribution in [0.15, 0.2) is 18.3 Å². The Hall–Kier alpha value is -1.29. The maximum atomic E-state index is 4.10. The Kier molecular flexibility index (Phi) is 2.07. The van der Waals surface area contributed by atoms with Crippen molar-refractivity contribution in [2.75, 3.05) is 0 Å². The molecule has 0 bridgehead atoms. The fraction of sp³-hybridized carbons (Fsp3) is 0.222. The molecule has 0 aliphatic heterocycles. The summed E-state index contributed by atoms with van der Waals surface area (Å²) in [4.78, 5) is 4.10. The third-order valence-corrected chi connectivity index (χ3v) is 1.18. The van der Waals surface area contributed by atoms with E-state index in [1.807, 2.05) is 26.0 Å². The molecule has 0 saturated carbocycles. The highest BCUT2D eigenvalue weighted by Crippen LogP contribution is 1.95. The van der Waals surface area contributed by atoms with Gasteiger partial charge in [0.25, 0.3) is 0 Å². The Labute approximate surface area is 61.1 Å². The molecule has 0 N–H and O–H groups in total. The number of aromatic nitrogens is 1. The van der Waals surface area contributed by atoms with Crippen LogP contribution >= 0.6 is 0 Å². The van der Waals surface area contributed by atoms with Gasteiger partial charge in [0.05, 0.1) is 0 Å². The molecular weight excluding hydrogens is 122 g/mol. The summed E-state index contributed by atoms with van der Waals surface area (Å²) < 4.78 is 0. The standard InChI is InChI=1S/C9H9N/c1-3-4-9-6-5-8(2)10-7-9/h5-7H,1-2H3. The van der Waals surface area contributed by atoms with Crippen molar-refractivity contribution in [1.29, 1.82) is 0 Å². The Bertz CT molecular complexity index is 261. The van der Waals surface area contributed by atoms with E-state index in [1.54, 1.807) is 6.20 Å². The van der Waals surface area contributed by atoms with E-state index in [0.717, 1.165) is 11.3 Å². The lowest BCUT2D eigenvalue weighted by molar-refractivity contribution is 1.19. The molecule has 0 atom stereocenters. The van der Waals surface area contributed by atoms with Crippen molar-refractivity contribution in [3.05, 3.63) is 29.6 Å². The van der Waals surface area contributed by atoms with Gasteiger partial charge >= 0.3 is 0 Å². The van der Waals surface area contributed by atoms with Gasteiger partial charge in [0.2, 0.25) is 0 Å². The van der Waals surface area contributed by atoms with Gasteiger partial charge in [-0.05, 0) is 26.0 Å². The average molecular weight is 131 g/mol. The zero-order chi connectivity index (χ0) is 7.40. The smallest absolute Gasteiger partial charge is 0.0428 e. The summed E-state index contributed by atoms with van der Waals surface area (Å²) in [6.45, 7) is 3.78. The van der Waals surface area contributed by atoms with Gasteiger partial charge in [-0.25, -0.2) is 0 Å². The maximum Gasteiger partial charge on any atom is 0.0428 e. The molecule has 0 saturated heterocycles. The van der Waals surface area contributed by atoms with Crippen molar-refractivity contribution in [3.8, 4) is 11.8 Å². The monoisotopic (exact) mass is 131 g/mol. The lowest BCUT2D eigenvalue weighted by Gasteiger charge is -1.89. The van der Waals surface area contributed by atoms with Gasteiger partial charge < -0.3 is 0 Å². The Morgan fingerprint density at radius 3 is 2.70 bits per heavy atom. The molecule has 0 amide bonds. The first-order valence-corrected chi connectivity index (χ1v) is 3.18. The Balaban J connectivity index is 2.97. The molecule has 1 nitrogen and oxygen atoms in total. The molecule has 0 aromatic carbocycles. The highest BCUT2D eigenvalue weighted by Gasteiger charge is 1.84. The molecule has 1 rings (SSSR count). The molecular formula is C9H9N. The molecule has 1 aromatic heterocycles. The molecule has 0 aliphatic rings. The normalized spacial score (nSPS) is 8.20. The van der Waals surface area contributed by atoms with Crippen LogP contribution in [0.25, 0.3) is 0 Å². The first-order valence-electron chi connectivity index (χ1n) is 3.18. The molecule has 10 heavy (non-hydrogen) atoms. The molecule has 50 valence electrons. The number of aryl methyl sites for hydroxylation is 1. The maximum absolute atomic E-state index is 4.10. The third-order valence-electron chi connectivity index (χ3n) is 1.18. The van der Waals surface area contributed by atoms with Crippen LogP contribution in [-0.4, -0.2) is 4.98 Å². The highest BCUT2D eigenvalue weighted by molar-refractivity contribution is 5.31. The minimum absolute atomic E-state index is 0.980. The highest BCUT2D eigenvalue weighted by atomic mass is 14.6. The second-order valence-corrected chi connectivity index (χ2v) is 2.06. The van der Waals surface area contributed by atoms with E-state index in [-0.39, 0.29) is 0 Å². The van der Waals surface area contributed by atoms with Crippen LogP contribution in [0.1, 0.15) is 18.2 Å². The first kappa shape index (κ1) is 6.82. The quantitative estimate of drug-likeness (QED) is 0.489. The van der Waals surface area contributed by atoms with Crippen LogP contribution in [0.2, 0.25) is 0 Å². The summed E-state index contributed by atoms with van der Waals surface area (Å²) in [5, 5.41) is 0. The Morgan fingerprint density at radius 1 is 1.40 bits per heavy atom. The average Bonchev–Trinajstić information content (AvgIpc) is 1.95. The number of hydrogen-bond donors (Lipinski definition) is 0. The van der Waals surface area contributed by atoms with E-state index < -0.39 is 0 Å². The van der Waals surface area contributed by atoms with Gasteiger partial charge in [-0.1, -0.05) is 5.92 Å². The van der Waals surface area contributed by atoms with Crippen LogP contribution in [0.3, 0.4) is 0 Å². The third kappa shape index (κ3) is 1.60. The van der Waals surface area contributed by atoms with Gasteiger partial charge in [0.1, 0.15) is 0 Å². The van der Waals surface area contributed by atoms with E-state index in [4.69, 9.17) is 0 Å². The molecule has 0 radical (unpaired) electrons. The van der Waals surface area contributed by atoms with Crippen molar-refractivity contribution in [2.24, 2.45) is 0 Å². The molecule has 1 heteroatoms. The summed E-state index contributed by atoms with van der Waals surface area (Å²) in [7, 11) is 0. The second-order valence-electron chi connectivity index (χ2n) is 2.06. The lowest BCUT2D eigenvalue weighted by Crippen LogP contribution is -1.80. The van der Waals surface area contributed by atoms with Crippen LogP contribution in [0.4, 0.5) is 0 Å². The van der Waals surface area contributed by atoms with Gasteiger partial charge in [0.15, 0.2) is 0 Å². The summed E-state index contributed by atoms with van der Waals surface area (Å²) >= 11 is 0. The first-order chi connectivity index (χ1) is 4.83. The van der Waals surface area contributed by atoms with Gasteiger partial charge in [-0.2, -0.15) is 0 Å². The van der Waals surface area contributed by atoms with E-state index in [1.165, 1.54) is 0 Å². The molecule has 0 spiro atoms. The van der Waals surface area contributed by atoms with Gasteiger partial charge in [0, 0.05) is 17.5 Å². The topological polar surface area (TPSA) is 12.9 Å². The number of nitrogens with zero attached hydrogens (tertiary/aromatic N) is 1. The zero-order valence-electron chi connectivity index (χ0n) is 6.18. The molecule has 0 unspecified atom stereocenters. The minimum atomic E-state index is 0.980. The van der Waals surface area contributed by atoms with E-state index in [9.17, 15) is 0 Å². The number of hydrogen-bond acceptors (Lipinski definition) is 1. The van der Waals surface area contributed by atoms with E-state index in [0.29, 0.717) is 0 Å². The SMILES string of the molecule is CC#Cc1ccc(C)nc1. The molecule has 0 aliphatic carbocycles. The summed E-state index contributed by atoms with van der Waals surface area (Å²) in [5.74, 6) is 5.74. The summed E-state index contributed by atoms with van der Waals surface area (Å²) in [6, 6.07) is 3.93.